The van der Waals surface area contributed by atoms with E-state index in [4.69, 9.17) is 9.47 Å². The summed E-state index contributed by atoms with van der Waals surface area (Å²) in [5.74, 6) is 0.306. The van der Waals surface area contributed by atoms with Crippen LogP contribution in [0.3, 0.4) is 0 Å². The molecule has 0 fully saturated rings. The molecule has 0 amide bonds. The zero-order chi connectivity index (χ0) is 12.7. The van der Waals surface area contributed by atoms with Crippen molar-refractivity contribution < 1.29 is 14.3 Å². The number of carbonyl (C=O) groups is 1. The van der Waals surface area contributed by atoms with Gasteiger partial charge in [-0.05, 0) is 19.9 Å². The van der Waals surface area contributed by atoms with E-state index in [9.17, 15) is 4.79 Å². The van der Waals surface area contributed by atoms with Crippen molar-refractivity contribution in [3.05, 3.63) is 23.9 Å². The Morgan fingerprint density at radius 1 is 1.53 bits per heavy atom. The van der Waals surface area contributed by atoms with Crippen LogP contribution in [0.5, 0.6) is 5.88 Å². The number of hydrogen-bond donors (Lipinski definition) is 1. The van der Waals surface area contributed by atoms with Gasteiger partial charge < -0.3 is 14.8 Å². The lowest BCUT2D eigenvalue weighted by atomic mass is 10.2. The topological polar surface area (TPSA) is 60.5 Å². The average Bonchev–Trinajstić information content (AvgIpc) is 2.28. The van der Waals surface area contributed by atoms with E-state index >= 15 is 0 Å². The summed E-state index contributed by atoms with van der Waals surface area (Å²) in [6.07, 6.45) is 1.58. The van der Waals surface area contributed by atoms with Crippen LogP contribution in [0.15, 0.2) is 18.3 Å². The summed E-state index contributed by atoms with van der Waals surface area (Å²) < 4.78 is 10.1. The fourth-order valence-corrected chi connectivity index (χ4v) is 1.35. The van der Waals surface area contributed by atoms with E-state index < -0.39 is 0 Å². The summed E-state index contributed by atoms with van der Waals surface area (Å²) in [7, 11) is 1.57. The second-order valence-corrected chi connectivity index (χ2v) is 3.81. The fourth-order valence-electron chi connectivity index (χ4n) is 1.35. The van der Waals surface area contributed by atoms with Crippen molar-refractivity contribution >= 4 is 5.97 Å². The second-order valence-electron chi connectivity index (χ2n) is 3.81. The Labute approximate surface area is 101 Å². The number of aromatic nitrogens is 1. The van der Waals surface area contributed by atoms with Gasteiger partial charge in [0.1, 0.15) is 0 Å². The largest absolute Gasteiger partial charge is 0.481 e. The highest BCUT2D eigenvalue weighted by Gasteiger charge is 2.06. The Balaban J connectivity index is 2.38. The molecular formula is C12H18N2O3. The first-order valence-electron chi connectivity index (χ1n) is 5.51. The van der Waals surface area contributed by atoms with E-state index in [1.165, 1.54) is 0 Å². The van der Waals surface area contributed by atoms with Crippen LogP contribution in [0.4, 0.5) is 0 Å². The molecule has 17 heavy (non-hydrogen) atoms. The number of esters is 1. The minimum atomic E-state index is -0.261. The minimum absolute atomic E-state index is 0.0859. The molecule has 5 heteroatoms. The summed E-state index contributed by atoms with van der Waals surface area (Å²) in [5, 5.41) is 2.99. The van der Waals surface area contributed by atoms with Crippen LogP contribution >= 0.6 is 0 Å². The zero-order valence-electron chi connectivity index (χ0n) is 10.4. The molecule has 1 N–H and O–H groups in total. The monoisotopic (exact) mass is 238 g/mol. The quantitative estimate of drug-likeness (QED) is 0.753. The van der Waals surface area contributed by atoms with Gasteiger partial charge in [-0.3, -0.25) is 4.79 Å². The maximum absolute atomic E-state index is 11.3. The first-order chi connectivity index (χ1) is 8.13. The number of nitrogens with one attached hydrogen (secondary N) is 1. The van der Waals surface area contributed by atoms with Crippen molar-refractivity contribution in [3.63, 3.8) is 0 Å². The molecule has 0 saturated heterocycles. The van der Waals surface area contributed by atoms with E-state index in [-0.39, 0.29) is 18.6 Å². The smallest absolute Gasteiger partial charge is 0.320 e. The Kier molecular flexibility index (Phi) is 5.42. The molecule has 5 nitrogen and oxygen atoms in total. The van der Waals surface area contributed by atoms with Crippen LogP contribution in [0.1, 0.15) is 19.4 Å². The van der Waals surface area contributed by atoms with Gasteiger partial charge >= 0.3 is 5.97 Å². The molecule has 1 aromatic heterocycles. The number of methoxy groups -OCH3 is 1. The first-order valence-corrected chi connectivity index (χ1v) is 5.51. The highest BCUT2D eigenvalue weighted by Crippen LogP contribution is 2.12. The van der Waals surface area contributed by atoms with E-state index in [1.54, 1.807) is 13.3 Å². The van der Waals surface area contributed by atoms with Crippen LogP contribution in [0, 0.1) is 0 Å². The third-order valence-corrected chi connectivity index (χ3v) is 2.00. The van der Waals surface area contributed by atoms with Gasteiger partial charge in [-0.1, -0.05) is 6.07 Å². The third kappa shape index (κ3) is 4.82. The summed E-state index contributed by atoms with van der Waals surface area (Å²) in [4.78, 5) is 15.3. The molecule has 0 atom stereocenters. The molecule has 1 rings (SSSR count). The molecule has 0 radical (unpaired) electrons. The maximum Gasteiger partial charge on any atom is 0.320 e. The normalized spacial score (nSPS) is 10.4. The second kappa shape index (κ2) is 6.85. The number of carbonyl (C=O) groups excluding carboxylic acids is 1. The summed E-state index contributed by atoms with van der Waals surface area (Å²) in [6, 6.07) is 3.72. The van der Waals surface area contributed by atoms with Crippen LogP contribution in [0.2, 0.25) is 0 Å². The van der Waals surface area contributed by atoms with Gasteiger partial charge in [0.15, 0.2) is 0 Å². The van der Waals surface area contributed by atoms with E-state index in [0.29, 0.717) is 12.4 Å². The van der Waals surface area contributed by atoms with Crippen molar-refractivity contribution in [3.8, 4) is 5.88 Å². The number of rotatable bonds is 6. The average molecular weight is 238 g/mol. The van der Waals surface area contributed by atoms with Crippen LogP contribution in [-0.2, 0) is 16.1 Å². The molecule has 0 aliphatic heterocycles. The summed E-state index contributed by atoms with van der Waals surface area (Å²) >= 11 is 0. The molecule has 0 saturated carbocycles. The molecule has 1 heterocycles. The predicted octanol–water partition coefficient (Wildman–Crippen LogP) is 1.13. The minimum Gasteiger partial charge on any atom is -0.481 e. The Hall–Kier alpha value is -1.62. The van der Waals surface area contributed by atoms with Gasteiger partial charge in [0.05, 0.1) is 19.8 Å². The maximum atomic E-state index is 11.3. The number of ether oxygens (including phenoxy) is 2. The van der Waals surface area contributed by atoms with Crippen molar-refractivity contribution in [2.45, 2.75) is 26.5 Å². The standard InChI is InChI=1S/C12H18N2O3/c1-9(2)17-11(15)8-13-7-10-5-4-6-14-12(10)16-3/h4-6,9,13H,7-8H2,1-3H3. The van der Waals surface area contributed by atoms with E-state index in [0.717, 1.165) is 5.56 Å². The third-order valence-electron chi connectivity index (χ3n) is 2.00. The van der Waals surface area contributed by atoms with Gasteiger partial charge in [-0.25, -0.2) is 4.98 Å². The molecule has 0 unspecified atom stereocenters. The number of hydrogen-bond acceptors (Lipinski definition) is 5. The SMILES string of the molecule is COc1ncccc1CNCC(=O)OC(C)C. The van der Waals surface area contributed by atoms with Crippen molar-refractivity contribution in [1.29, 1.82) is 0 Å². The van der Waals surface area contributed by atoms with Gasteiger partial charge in [0.2, 0.25) is 5.88 Å². The first kappa shape index (κ1) is 13.4. The molecule has 0 spiro atoms. The van der Waals surface area contributed by atoms with Crippen molar-refractivity contribution in [1.82, 2.24) is 10.3 Å². The lowest BCUT2D eigenvalue weighted by Gasteiger charge is -2.10. The Morgan fingerprint density at radius 2 is 2.29 bits per heavy atom. The van der Waals surface area contributed by atoms with Crippen LogP contribution in [-0.4, -0.2) is 30.7 Å². The van der Waals surface area contributed by atoms with Crippen LogP contribution in [0.25, 0.3) is 0 Å². The molecular weight excluding hydrogens is 220 g/mol. The summed E-state index contributed by atoms with van der Waals surface area (Å²) in [6.45, 7) is 4.34. The van der Waals surface area contributed by atoms with Gasteiger partial charge in [-0.15, -0.1) is 0 Å². The van der Waals surface area contributed by atoms with Crippen molar-refractivity contribution in [2.75, 3.05) is 13.7 Å². The molecule has 0 aromatic carbocycles. The Morgan fingerprint density at radius 3 is 2.94 bits per heavy atom. The van der Waals surface area contributed by atoms with Gasteiger partial charge in [0, 0.05) is 18.3 Å². The van der Waals surface area contributed by atoms with Gasteiger partial charge in [-0.2, -0.15) is 0 Å². The van der Waals surface area contributed by atoms with E-state index in [1.807, 2.05) is 26.0 Å². The van der Waals surface area contributed by atoms with Gasteiger partial charge in [0.25, 0.3) is 0 Å². The molecule has 0 bridgehead atoms. The molecule has 0 aliphatic rings. The predicted molar refractivity (Wildman–Crippen MR) is 63.7 cm³/mol. The molecule has 1 aromatic rings. The molecule has 94 valence electrons. The number of nitrogens with zero attached hydrogens (tertiary/aromatic N) is 1. The highest BCUT2D eigenvalue weighted by molar-refractivity contribution is 5.71. The van der Waals surface area contributed by atoms with Crippen LogP contribution < -0.4 is 10.1 Å². The van der Waals surface area contributed by atoms with Crippen molar-refractivity contribution in [2.24, 2.45) is 0 Å². The molecule has 0 aliphatic carbocycles. The Bertz CT molecular complexity index is 367. The highest BCUT2D eigenvalue weighted by atomic mass is 16.5. The lowest BCUT2D eigenvalue weighted by molar-refractivity contribution is -0.146. The summed E-state index contributed by atoms with van der Waals surface area (Å²) in [5.41, 5.74) is 0.910. The number of pyridine rings is 1. The zero-order valence-corrected chi connectivity index (χ0v) is 10.4. The van der Waals surface area contributed by atoms with E-state index in [2.05, 4.69) is 10.3 Å². The lowest BCUT2D eigenvalue weighted by Crippen LogP contribution is -2.26. The fraction of sp³-hybridized carbons (Fsp3) is 0.500.